The quantitative estimate of drug-likeness (QED) is 0.0966. The highest BCUT2D eigenvalue weighted by Crippen LogP contribution is 2.42. The Morgan fingerprint density at radius 2 is 1.83 bits per heavy atom. The number of phenols is 1. The second kappa shape index (κ2) is 18.6. The van der Waals surface area contributed by atoms with E-state index in [9.17, 15) is 29.3 Å². The van der Waals surface area contributed by atoms with Gasteiger partial charge in [0.2, 0.25) is 16.7 Å². The molecule has 3 aliphatic heterocycles. The first kappa shape index (κ1) is 45.9. The number of nitrogens with one attached hydrogen (secondary N) is 2. The molecule has 0 unspecified atom stereocenters. The second-order valence-corrected chi connectivity index (χ2v) is 18.9. The lowest BCUT2D eigenvalue weighted by Crippen LogP contribution is -2.62. The van der Waals surface area contributed by atoms with E-state index in [4.69, 9.17) is 4.84 Å². The Balaban J connectivity index is 1.30. The smallest absolute Gasteiger partial charge is 0.326 e. The zero-order valence-corrected chi connectivity index (χ0v) is 38.5. The number of hydrogen-bond acceptors (Lipinski definition) is 8. The summed E-state index contributed by atoms with van der Waals surface area (Å²) in [6, 6.07) is 15.2. The Bertz CT molecular complexity index is 2470. The van der Waals surface area contributed by atoms with Crippen molar-refractivity contribution in [1.29, 1.82) is 0 Å². The third kappa shape index (κ3) is 9.26. The third-order valence-corrected chi connectivity index (χ3v) is 13.1. The molecule has 7 rings (SSSR count). The van der Waals surface area contributed by atoms with Gasteiger partial charge in [-0.15, -0.1) is 5.01 Å². The normalized spacial score (nSPS) is 20.7. The van der Waals surface area contributed by atoms with Gasteiger partial charge in [-0.05, 0) is 103 Å². The molecule has 3 N–H and O–H groups in total. The summed E-state index contributed by atoms with van der Waals surface area (Å²) in [5, 5.41) is 18.0. The number of likely N-dealkylation sites (N-methyl/N-ethyl adjacent to an activating group) is 1. The first-order chi connectivity index (χ1) is 30.4. The Kier molecular flexibility index (Phi) is 13.3. The number of nitroso groups, excluding NO2 is 1. The molecule has 15 nitrogen and oxygen atoms in total. The average Bonchev–Trinajstić information content (AvgIpc) is 3.87. The first-order valence-electron chi connectivity index (χ1n) is 22.5. The van der Waals surface area contributed by atoms with Crippen molar-refractivity contribution in [2.45, 2.75) is 111 Å². The number of aryl methyl sites for hydroxylation is 3. The lowest BCUT2D eigenvalue weighted by atomic mass is 9.83. The van der Waals surface area contributed by atoms with Crippen LogP contribution in [0.2, 0.25) is 0 Å². The molecule has 6 bridgehead atoms. The van der Waals surface area contributed by atoms with Crippen LogP contribution in [0.3, 0.4) is 0 Å². The van der Waals surface area contributed by atoms with Gasteiger partial charge in [-0.2, -0.15) is 5.43 Å². The molecule has 4 heterocycles. The van der Waals surface area contributed by atoms with Gasteiger partial charge >= 0.3 is 6.17 Å². The Labute approximate surface area is 375 Å². The average molecular weight is 877 g/mol. The van der Waals surface area contributed by atoms with Crippen molar-refractivity contribution < 1.29 is 34.1 Å². The number of carbonyl (C=O) groups excluding carboxylic acids is 3. The molecular weight excluding hydrogens is 813 g/mol. The number of aromatic hydroxyl groups is 1. The lowest BCUT2D eigenvalue weighted by Gasteiger charge is -2.33. The Morgan fingerprint density at radius 3 is 2.52 bits per heavy atom. The number of nitrogens with zero attached hydrogens (tertiary/aromatic N) is 6. The van der Waals surface area contributed by atoms with E-state index in [1.165, 1.54) is 21.7 Å². The highest BCUT2D eigenvalue weighted by atomic mass is 16.8. The maximum absolute atomic E-state index is 14.7. The molecule has 0 saturated carbocycles. The molecule has 0 radical (unpaired) electrons. The van der Waals surface area contributed by atoms with Gasteiger partial charge in [0.05, 0.1) is 29.1 Å². The molecule has 3 amide bonds. The van der Waals surface area contributed by atoms with Crippen LogP contribution in [0.25, 0.3) is 33.3 Å². The maximum atomic E-state index is 14.7. The van der Waals surface area contributed by atoms with Crippen LogP contribution in [-0.4, -0.2) is 110 Å². The summed E-state index contributed by atoms with van der Waals surface area (Å²) in [4.78, 5) is 77.9. The van der Waals surface area contributed by atoms with Gasteiger partial charge in [0, 0.05) is 60.8 Å². The molecule has 2 saturated heterocycles. The van der Waals surface area contributed by atoms with Gasteiger partial charge in [-0.1, -0.05) is 64.6 Å². The number of hydrogen-bond donors (Lipinski definition) is 3. The molecule has 3 aliphatic rings. The van der Waals surface area contributed by atoms with Gasteiger partial charge in [0.1, 0.15) is 16.7 Å². The predicted octanol–water partition coefficient (Wildman–Crippen LogP) is 6.53. The van der Waals surface area contributed by atoms with Gasteiger partial charge in [0.25, 0.3) is 11.9 Å². The van der Waals surface area contributed by atoms with E-state index in [0.717, 1.165) is 55.8 Å². The highest BCUT2D eigenvalue weighted by Gasteiger charge is 2.45. The molecule has 15 heteroatoms. The molecule has 1 aromatic heterocycles. The van der Waals surface area contributed by atoms with Crippen molar-refractivity contribution in [3.05, 3.63) is 99.3 Å². The van der Waals surface area contributed by atoms with Crippen LogP contribution in [0.1, 0.15) is 76.1 Å². The van der Waals surface area contributed by atoms with Crippen molar-refractivity contribution >= 4 is 28.6 Å². The van der Waals surface area contributed by atoms with Crippen LogP contribution in [-0.2, 0) is 38.6 Å². The molecular formula is C49H64N8O7+2. The summed E-state index contributed by atoms with van der Waals surface area (Å²) in [6.07, 6.45) is 2.27. The summed E-state index contributed by atoms with van der Waals surface area (Å²) < 4.78 is 2.36. The van der Waals surface area contributed by atoms with E-state index in [2.05, 4.69) is 86.8 Å². The fourth-order valence-corrected chi connectivity index (χ4v) is 9.90. The summed E-state index contributed by atoms with van der Waals surface area (Å²) >= 11 is 0. The lowest BCUT2D eigenvalue weighted by molar-refractivity contribution is -0.835. The van der Waals surface area contributed by atoms with E-state index in [0.29, 0.717) is 42.7 Å². The van der Waals surface area contributed by atoms with Crippen molar-refractivity contribution in [2.24, 2.45) is 11.3 Å². The number of fused-ring (bicyclic) bond motifs is 6. The number of amides is 3. The van der Waals surface area contributed by atoms with Crippen LogP contribution >= 0.6 is 0 Å². The summed E-state index contributed by atoms with van der Waals surface area (Å²) in [7, 11) is 1.55. The van der Waals surface area contributed by atoms with Gasteiger partial charge < -0.3 is 19.9 Å². The third-order valence-electron chi connectivity index (χ3n) is 13.1. The summed E-state index contributed by atoms with van der Waals surface area (Å²) in [5.74, 6) is -1.65. The summed E-state index contributed by atoms with van der Waals surface area (Å²) in [5.41, 5.74) is 11.6. The maximum Gasteiger partial charge on any atom is 0.326 e. The van der Waals surface area contributed by atoms with E-state index >= 15 is 0 Å². The zero-order chi connectivity index (χ0) is 46.2. The minimum Gasteiger partial charge on any atom is -0.508 e. The zero-order valence-electron chi connectivity index (χ0n) is 38.5. The number of rotatable bonds is 9. The van der Waals surface area contributed by atoms with Crippen molar-refractivity contribution in [1.82, 2.24) is 30.2 Å². The Hall–Kier alpha value is -6.09. The number of aromatic nitrogens is 1. The number of likely N-dealkylation sites (tertiary alicyclic amines) is 1. The predicted molar refractivity (Wildman–Crippen MR) is 245 cm³/mol. The van der Waals surface area contributed by atoms with Gasteiger partial charge in [-0.3, -0.25) is 19.4 Å². The van der Waals surface area contributed by atoms with Gasteiger partial charge in [0.15, 0.2) is 12.6 Å². The van der Waals surface area contributed by atoms with Crippen molar-refractivity contribution in [2.75, 3.05) is 33.3 Å². The van der Waals surface area contributed by atoms with Crippen molar-refractivity contribution in [3.63, 3.8) is 0 Å². The minimum absolute atomic E-state index is 0.000808. The van der Waals surface area contributed by atoms with E-state index in [1.54, 1.807) is 24.1 Å². The minimum atomic E-state index is -1.17. The van der Waals surface area contributed by atoms with Crippen molar-refractivity contribution in [3.8, 4) is 28.1 Å². The molecule has 0 spiro atoms. The topological polar surface area (TPSA) is 160 Å². The second-order valence-electron chi connectivity index (χ2n) is 18.9. The number of phenolic OH excluding ortho intramolecular Hbond substituents is 1. The van der Waals surface area contributed by atoms with Crippen LogP contribution in [0, 0.1) is 35.0 Å². The van der Waals surface area contributed by atoms with E-state index in [1.807, 2.05) is 26.0 Å². The van der Waals surface area contributed by atoms with Crippen LogP contribution in [0.15, 0.2) is 67.3 Å². The molecule has 2 fully saturated rings. The summed E-state index contributed by atoms with van der Waals surface area (Å²) in [6.45, 7) is 19.5. The van der Waals surface area contributed by atoms with Crippen LogP contribution in [0.5, 0.6) is 5.75 Å². The fraction of sp³-hybridized carbons (Fsp3) is 0.490. The van der Waals surface area contributed by atoms with Crippen LogP contribution in [0.4, 0.5) is 0 Å². The van der Waals surface area contributed by atoms with Crippen LogP contribution < -0.4 is 10.7 Å². The fourth-order valence-electron chi connectivity index (χ4n) is 9.90. The number of benzene rings is 3. The standard InChI is InChI=1S/C49H62N8O7/c1-10-43(59)53-21-19-36(28-53)56(62)52(9)45(30(3)4)47(60)50-40-24-33-22-35(25-37(58)23-33)34-17-18-41-38(26-34)39(46(54(41)11-2)44-31(5)14-12-15-32(44)6)27-49(7,8)29-64-57(63)42-16-13-20-55(51-42)48(40)61/h10,12,14-15,17-18,22-23,25-26,30,36,40,42,45,51H,1,11,13,16,19-21,24,27-29H2,2-9H3/p+2/t36-,40-,42+,45-/m0/s1. The molecule has 64 heavy (non-hydrogen) atoms. The molecule has 0 aliphatic carbocycles. The highest BCUT2D eigenvalue weighted by molar-refractivity contribution is 5.96. The van der Waals surface area contributed by atoms with Gasteiger partial charge in [-0.25, -0.2) is 4.84 Å². The monoisotopic (exact) mass is 876 g/mol. The SMILES string of the molecule is C=CC(=O)N1CC[C@H]([N+](=O)N(C)[C@H](C(=O)N[C@H]2Cc3cc(O)cc(c3)-c3ccc4c(c3)c(c(-c3c(C)cccc3C)n4CC)CC(C)(C)CO[N+](=O)[C@@H]3CCCN(N3)C2=O)C(C)C)C1. The molecule has 4 aromatic rings. The molecule has 340 valence electrons. The number of hydrazine groups is 2. The molecule has 3 aromatic carbocycles. The number of carbonyl (C=O) groups is 3. The Morgan fingerprint density at radius 1 is 1.09 bits per heavy atom. The largest absolute Gasteiger partial charge is 0.508 e. The first-order valence-corrected chi connectivity index (χ1v) is 22.5. The van der Waals surface area contributed by atoms with E-state index < -0.39 is 41.5 Å². The molecule has 4 atom stereocenters. The van der Waals surface area contributed by atoms with E-state index in [-0.39, 0.29) is 43.7 Å².